The van der Waals surface area contributed by atoms with Crippen molar-refractivity contribution in [3.05, 3.63) is 18.1 Å². The monoisotopic (exact) mass is 149 g/mol. The number of hydrogen-bond acceptors (Lipinski definition) is 3. The van der Waals surface area contributed by atoms with E-state index in [4.69, 9.17) is 0 Å². The Morgan fingerprint density at radius 2 is 2.45 bits per heavy atom. The summed E-state index contributed by atoms with van der Waals surface area (Å²) in [5.41, 5.74) is 1.28. The first-order valence-electron chi connectivity index (χ1n) is 3.48. The molecular weight excluding hydrogens is 140 g/mol. The van der Waals surface area contributed by atoms with Gasteiger partial charge in [-0.25, -0.2) is 4.68 Å². The van der Waals surface area contributed by atoms with Crippen LogP contribution in [0.5, 0.6) is 0 Å². The van der Waals surface area contributed by atoms with Crippen molar-refractivity contribution in [2.24, 2.45) is 0 Å². The fourth-order valence-electron chi connectivity index (χ4n) is 1.26. The summed E-state index contributed by atoms with van der Waals surface area (Å²) in [4.78, 5) is 5.93. The number of rotatable bonds is 0. The van der Waals surface area contributed by atoms with Gasteiger partial charge in [-0.1, -0.05) is 0 Å². The van der Waals surface area contributed by atoms with Crippen LogP contribution in [0.3, 0.4) is 0 Å². The molecular formula is C7H9N4. The Labute approximate surface area is 65.1 Å². The maximum absolute atomic E-state index is 3.98. The van der Waals surface area contributed by atoms with Gasteiger partial charge in [0.25, 0.3) is 0 Å². The van der Waals surface area contributed by atoms with Gasteiger partial charge in [-0.3, -0.25) is 0 Å². The molecule has 0 N–H and O–H groups in total. The maximum atomic E-state index is 3.98. The Kier molecular flexibility index (Phi) is 1.21. The Morgan fingerprint density at radius 1 is 1.64 bits per heavy atom. The van der Waals surface area contributed by atoms with Crippen LogP contribution in [0.15, 0.2) is 11.8 Å². The van der Waals surface area contributed by atoms with Gasteiger partial charge >= 0.3 is 0 Å². The van der Waals surface area contributed by atoms with Crippen LogP contribution in [0.2, 0.25) is 0 Å². The second kappa shape index (κ2) is 2.08. The predicted octanol–water partition coefficient (Wildman–Crippen LogP) is 0.432. The lowest BCUT2D eigenvalue weighted by molar-refractivity contribution is 0.651. The van der Waals surface area contributed by atoms with E-state index in [1.807, 2.05) is 16.6 Å². The summed E-state index contributed by atoms with van der Waals surface area (Å²) in [7, 11) is 1.96. The van der Waals surface area contributed by atoms with E-state index in [1.54, 1.807) is 0 Å². The molecule has 0 saturated heterocycles. The van der Waals surface area contributed by atoms with Gasteiger partial charge in [0, 0.05) is 13.2 Å². The highest BCUT2D eigenvalue weighted by atomic mass is 15.4. The molecule has 1 radical (unpaired) electrons. The van der Waals surface area contributed by atoms with E-state index in [0.29, 0.717) is 0 Å². The minimum absolute atomic E-state index is 0.830. The van der Waals surface area contributed by atoms with Gasteiger partial charge in [-0.2, -0.15) is 4.98 Å². The van der Waals surface area contributed by atoms with Crippen molar-refractivity contribution in [3.8, 4) is 0 Å². The molecule has 2 heterocycles. The summed E-state index contributed by atoms with van der Waals surface area (Å²) >= 11 is 0. The van der Waals surface area contributed by atoms with E-state index in [0.717, 1.165) is 12.5 Å². The quantitative estimate of drug-likeness (QED) is 0.536. The average molecular weight is 149 g/mol. The molecule has 0 saturated carbocycles. The van der Waals surface area contributed by atoms with Gasteiger partial charge in [-0.15, -0.1) is 5.10 Å². The van der Waals surface area contributed by atoms with Gasteiger partial charge in [0.05, 0.1) is 6.54 Å². The van der Waals surface area contributed by atoms with Crippen molar-refractivity contribution in [1.82, 2.24) is 14.8 Å². The largest absolute Gasteiger partial charge is 0.320 e. The standard InChI is InChI=1S/C7H9N4/c1-6-3-10(2)7-8-5-9-11(7)4-6/h3H,4H2,1-2H3. The molecule has 0 spiro atoms. The maximum Gasteiger partial charge on any atom is 0.228 e. The third-order valence-corrected chi connectivity index (χ3v) is 1.67. The second-order valence-electron chi connectivity index (χ2n) is 2.76. The second-order valence-corrected chi connectivity index (χ2v) is 2.76. The number of allylic oxidation sites excluding steroid dienone is 1. The van der Waals surface area contributed by atoms with Crippen molar-refractivity contribution < 1.29 is 0 Å². The fourth-order valence-corrected chi connectivity index (χ4v) is 1.26. The number of aromatic nitrogens is 3. The lowest BCUT2D eigenvalue weighted by atomic mass is 10.3. The molecule has 1 aliphatic rings. The highest BCUT2D eigenvalue weighted by Gasteiger charge is 2.13. The summed E-state index contributed by atoms with van der Waals surface area (Å²) in [5.74, 6) is 0.857. The Balaban J connectivity index is 2.45. The smallest absolute Gasteiger partial charge is 0.228 e. The topological polar surface area (TPSA) is 34.0 Å². The zero-order valence-electron chi connectivity index (χ0n) is 6.57. The summed E-state index contributed by atoms with van der Waals surface area (Å²) in [6.45, 7) is 2.90. The third-order valence-electron chi connectivity index (χ3n) is 1.67. The molecule has 1 aromatic heterocycles. The number of hydrogen-bond donors (Lipinski definition) is 0. The van der Waals surface area contributed by atoms with Crippen LogP contribution >= 0.6 is 0 Å². The minimum Gasteiger partial charge on any atom is -0.320 e. The van der Waals surface area contributed by atoms with Crippen LogP contribution in [0.25, 0.3) is 0 Å². The van der Waals surface area contributed by atoms with E-state index in [2.05, 4.69) is 29.5 Å². The van der Waals surface area contributed by atoms with Crippen LogP contribution in [-0.2, 0) is 6.54 Å². The van der Waals surface area contributed by atoms with Crippen LogP contribution in [-0.4, -0.2) is 21.8 Å². The van der Waals surface area contributed by atoms with E-state index >= 15 is 0 Å². The van der Waals surface area contributed by atoms with E-state index in [-0.39, 0.29) is 0 Å². The lowest BCUT2D eigenvalue weighted by Gasteiger charge is -2.20. The zero-order chi connectivity index (χ0) is 7.84. The first kappa shape index (κ1) is 6.39. The van der Waals surface area contributed by atoms with Gasteiger partial charge in [-0.05, 0) is 12.5 Å². The van der Waals surface area contributed by atoms with Crippen molar-refractivity contribution in [2.45, 2.75) is 13.5 Å². The summed E-state index contributed by atoms with van der Waals surface area (Å²) < 4.78 is 1.83. The average Bonchev–Trinajstić information content (AvgIpc) is 2.34. The molecule has 0 amide bonds. The minimum atomic E-state index is 0.830. The molecule has 0 aliphatic carbocycles. The highest BCUT2D eigenvalue weighted by Crippen LogP contribution is 2.16. The van der Waals surface area contributed by atoms with Crippen LogP contribution in [0, 0.1) is 6.33 Å². The fraction of sp³-hybridized carbons (Fsp3) is 0.429. The third kappa shape index (κ3) is 0.906. The normalized spacial score (nSPS) is 16.2. The molecule has 4 nitrogen and oxygen atoms in total. The van der Waals surface area contributed by atoms with Crippen molar-refractivity contribution in [2.75, 3.05) is 11.9 Å². The number of fused-ring (bicyclic) bond motifs is 1. The predicted molar refractivity (Wildman–Crippen MR) is 41.0 cm³/mol. The molecule has 0 fully saturated rings. The molecule has 1 aromatic rings. The summed E-state index contributed by atoms with van der Waals surface area (Å²) in [6.07, 6.45) is 4.63. The van der Waals surface area contributed by atoms with Gasteiger partial charge in [0.1, 0.15) is 0 Å². The SMILES string of the molecule is CC1=CN(C)c2n[c]nn2C1. The Bertz CT molecular complexity index is 299. The van der Waals surface area contributed by atoms with Gasteiger partial charge in [0.15, 0.2) is 0 Å². The number of anilines is 1. The molecule has 0 atom stereocenters. The van der Waals surface area contributed by atoms with Crippen molar-refractivity contribution >= 4 is 5.95 Å². The van der Waals surface area contributed by atoms with Crippen LogP contribution in [0.1, 0.15) is 6.92 Å². The molecule has 1 aliphatic heterocycles. The zero-order valence-corrected chi connectivity index (χ0v) is 6.57. The highest BCUT2D eigenvalue weighted by molar-refractivity contribution is 5.37. The summed E-state index contributed by atoms with van der Waals surface area (Å²) in [5, 5.41) is 3.96. The Hall–Kier alpha value is -1.32. The first-order valence-corrected chi connectivity index (χ1v) is 3.48. The first-order chi connectivity index (χ1) is 5.27. The van der Waals surface area contributed by atoms with Crippen molar-refractivity contribution in [1.29, 1.82) is 0 Å². The van der Waals surface area contributed by atoms with E-state index in [9.17, 15) is 0 Å². The van der Waals surface area contributed by atoms with Gasteiger partial charge in [0.2, 0.25) is 12.3 Å². The van der Waals surface area contributed by atoms with E-state index < -0.39 is 0 Å². The van der Waals surface area contributed by atoms with E-state index in [1.165, 1.54) is 5.57 Å². The van der Waals surface area contributed by atoms with Crippen molar-refractivity contribution in [3.63, 3.8) is 0 Å². The molecule has 0 unspecified atom stereocenters. The molecule has 0 bridgehead atoms. The Morgan fingerprint density at radius 3 is 3.27 bits per heavy atom. The summed E-state index contributed by atoms with van der Waals surface area (Å²) in [6, 6.07) is 0. The lowest BCUT2D eigenvalue weighted by Crippen LogP contribution is -2.21. The number of nitrogens with zero attached hydrogens (tertiary/aromatic N) is 4. The van der Waals surface area contributed by atoms with Gasteiger partial charge < -0.3 is 4.90 Å². The van der Waals surface area contributed by atoms with Crippen LogP contribution in [0.4, 0.5) is 5.95 Å². The molecule has 4 heteroatoms. The molecule has 2 rings (SSSR count). The van der Waals surface area contributed by atoms with Crippen LogP contribution < -0.4 is 4.90 Å². The molecule has 57 valence electrons. The molecule has 0 aromatic carbocycles. The molecule has 11 heavy (non-hydrogen) atoms.